The molecule has 0 amide bonds. The van der Waals surface area contributed by atoms with Crippen LogP contribution in [0.15, 0.2) is 70.9 Å². The number of ether oxygens (including phenoxy) is 1. The van der Waals surface area contributed by atoms with Crippen molar-refractivity contribution in [1.29, 1.82) is 0 Å². The number of fused-ring (bicyclic) bond motifs is 2. The van der Waals surface area contributed by atoms with E-state index in [-0.39, 0.29) is 0 Å². The van der Waals surface area contributed by atoms with Gasteiger partial charge in [0.25, 0.3) is 0 Å². The van der Waals surface area contributed by atoms with E-state index in [0.717, 1.165) is 17.9 Å². The van der Waals surface area contributed by atoms with Crippen molar-refractivity contribution in [3.63, 3.8) is 0 Å². The first kappa shape index (κ1) is 16.6. The lowest BCUT2D eigenvalue weighted by Crippen LogP contribution is -2.24. The van der Waals surface area contributed by atoms with E-state index in [1.54, 1.807) is 17.6 Å². The lowest BCUT2D eigenvalue weighted by atomic mass is 10.1. The summed E-state index contributed by atoms with van der Waals surface area (Å²) in [5, 5.41) is 6.98. The highest BCUT2D eigenvalue weighted by Gasteiger charge is 2.20. The van der Waals surface area contributed by atoms with Crippen LogP contribution in [0.25, 0.3) is 21.2 Å². The average Bonchev–Trinajstić information content (AvgIpc) is 3.41. The predicted molar refractivity (Wildman–Crippen MR) is 111 cm³/mol. The van der Waals surface area contributed by atoms with Crippen LogP contribution in [0.3, 0.4) is 0 Å². The topological polar surface area (TPSA) is 34.4 Å². The Kier molecular flexibility index (Phi) is 4.44. The SMILES string of the molecule is c1cc(OCCNC2CCc3ccccc32)cc(-c2csc3cocc23)c1. The smallest absolute Gasteiger partial charge is 0.119 e. The Morgan fingerprint density at radius 2 is 2.07 bits per heavy atom. The molecule has 1 aliphatic rings. The third-order valence-corrected chi connectivity index (χ3v) is 6.18. The van der Waals surface area contributed by atoms with E-state index < -0.39 is 0 Å². The van der Waals surface area contributed by atoms with Crippen molar-refractivity contribution in [2.75, 3.05) is 13.2 Å². The molecule has 2 aromatic heterocycles. The van der Waals surface area contributed by atoms with Gasteiger partial charge in [-0.25, -0.2) is 0 Å². The third-order valence-electron chi connectivity index (χ3n) is 5.26. The molecule has 0 saturated carbocycles. The highest BCUT2D eigenvalue weighted by molar-refractivity contribution is 7.17. The van der Waals surface area contributed by atoms with Crippen LogP contribution in [-0.2, 0) is 6.42 Å². The van der Waals surface area contributed by atoms with Gasteiger partial charge in [0.05, 0.1) is 11.0 Å². The Balaban J connectivity index is 1.21. The molecule has 4 heteroatoms. The van der Waals surface area contributed by atoms with Crippen LogP contribution in [0.1, 0.15) is 23.6 Å². The second kappa shape index (κ2) is 7.22. The van der Waals surface area contributed by atoms with Crippen LogP contribution in [0.2, 0.25) is 0 Å². The zero-order valence-electron chi connectivity index (χ0n) is 15.0. The molecule has 5 rings (SSSR count). The van der Waals surface area contributed by atoms with Crippen molar-refractivity contribution >= 4 is 21.4 Å². The molecule has 1 unspecified atom stereocenters. The number of hydrogen-bond acceptors (Lipinski definition) is 4. The van der Waals surface area contributed by atoms with Gasteiger partial charge in [0.2, 0.25) is 0 Å². The highest BCUT2D eigenvalue weighted by Crippen LogP contribution is 2.36. The van der Waals surface area contributed by atoms with E-state index in [1.807, 2.05) is 12.3 Å². The molecule has 0 spiro atoms. The first-order valence-corrected chi connectivity index (χ1v) is 10.2. The highest BCUT2D eigenvalue weighted by atomic mass is 32.1. The van der Waals surface area contributed by atoms with Crippen molar-refractivity contribution in [1.82, 2.24) is 5.32 Å². The van der Waals surface area contributed by atoms with Crippen LogP contribution in [0, 0.1) is 0 Å². The lowest BCUT2D eigenvalue weighted by molar-refractivity contribution is 0.305. The molecule has 3 nitrogen and oxygen atoms in total. The van der Waals surface area contributed by atoms with Gasteiger partial charge in [-0.2, -0.15) is 0 Å². The second-order valence-electron chi connectivity index (χ2n) is 6.92. The summed E-state index contributed by atoms with van der Waals surface area (Å²) >= 11 is 1.71. The molecule has 1 aliphatic carbocycles. The maximum atomic E-state index is 6.00. The number of nitrogens with one attached hydrogen (secondary N) is 1. The summed E-state index contributed by atoms with van der Waals surface area (Å²) in [5.41, 5.74) is 5.29. The Morgan fingerprint density at radius 1 is 1.11 bits per heavy atom. The van der Waals surface area contributed by atoms with Crippen LogP contribution in [0.5, 0.6) is 5.75 Å². The first-order valence-electron chi connectivity index (χ1n) is 9.36. The number of aryl methyl sites for hydroxylation is 1. The van der Waals surface area contributed by atoms with Crippen LogP contribution in [0.4, 0.5) is 0 Å². The largest absolute Gasteiger partial charge is 0.492 e. The summed E-state index contributed by atoms with van der Waals surface area (Å²) < 4.78 is 12.5. The molecule has 2 aromatic carbocycles. The molecule has 0 radical (unpaired) electrons. The zero-order chi connectivity index (χ0) is 18.1. The summed E-state index contributed by atoms with van der Waals surface area (Å²) in [6, 6.07) is 17.5. The van der Waals surface area contributed by atoms with E-state index >= 15 is 0 Å². The van der Waals surface area contributed by atoms with E-state index in [9.17, 15) is 0 Å². The minimum Gasteiger partial charge on any atom is -0.492 e. The van der Waals surface area contributed by atoms with Crippen molar-refractivity contribution in [2.45, 2.75) is 18.9 Å². The van der Waals surface area contributed by atoms with Gasteiger partial charge in [-0.3, -0.25) is 0 Å². The molecule has 0 aliphatic heterocycles. The number of furan rings is 1. The van der Waals surface area contributed by atoms with Gasteiger partial charge in [0.1, 0.15) is 18.6 Å². The monoisotopic (exact) mass is 375 g/mol. The minimum atomic E-state index is 0.455. The molecule has 0 saturated heterocycles. The third kappa shape index (κ3) is 3.27. The predicted octanol–water partition coefficient (Wildman–Crippen LogP) is 5.82. The van der Waals surface area contributed by atoms with Crippen molar-refractivity contribution < 1.29 is 9.15 Å². The Labute approximate surface area is 162 Å². The molecule has 136 valence electrons. The van der Waals surface area contributed by atoms with Crippen molar-refractivity contribution in [3.8, 4) is 16.9 Å². The first-order chi connectivity index (χ1) is 13.4. The molecule has 27 heavy (non-hydrogen) atoms. The lowest BCUT2D eigenvalue weighted by Gasteiger charge is -2.14. The van der Waals surface area contributed by atoms with Gasteiger partial charge in [0.15, 0.2) is 0 Å². The van der Waals surface area contributed by atoms with Gasteiger partial charge >= 0.3 is 0 Å². The summed E-state index contributed by atoms with van der Waals surface area (Å²) in [6.07, 6.45) is 5.96. The Morgan fingerprint density at radius 3 is 3.07 bits per heavy atom. The summed E-state index contributed by atoms with van der Waals surface area (Å²) in [4.78, 5) is 0. The maximum absolute atomic E-state index is 6.00. The van der Waals surface area contributed by atoms with Gasteiger partial charge in [-0.1, -0.05) is 36.4 Å². The number of hydrogen-bond donors (Lipinski definition) is 1. The van der Waals surface area contributed by atoms with Crippen LogP contribution >= 0.6 is 11.3 Å². The molecule has 1 N–H and O–H groups in total. The van der Waals surface area contributed by atoms with E-state index in [2.05, 4.69) is 53.2 Å². The fraction of sp³-hybridized carbons (Fsp3) is 0.217. The quantitative estimate of drug-likeness (QED) is 0.431. The molecule has 2 heterocycles. The van der Waals surface area contributed by atoms with Crippen LogP contribution < -0.4 is 10.1 Å². The van der Waals surface area contributed by atoms with Gasteiger partial charge in [-0.15, -0.1) is 11.3 Å². The standard InChI is InChI=1S/C23H21NO2S/c1-2-7-19-16(4-1)8-9-22(19)24-10-11-26-18-6-3-5-17(12-18)21-15-27-23-14-25-13-20(21)23/h1-7,12-15,22,24H,8-11H2. The van der Waals surface area contributed by atoms with Gasteiger partial charge in [-0.05, 0) is 41.7 Å². The number of rotatable bonds is 6. The average molecular weight is 375 g/mol. The van der Waals surface area contributed by atoms with Gasteiger partial charge in [0, 0.05) is 28.9 Å². The summed E-state index contributed by atoms with van der Waals surface area (Å²) in [6.45, 7) is 1.50. The number of thiophene rings is 1. The van der Waals surface area contributed by atoms with E-state index in [1.165, 1.54) is 39.6 Å². The van der Waals surface area contributed by atoms with E-state index in [0.29, 0.717) is 12.6 Å². The van der Waals surface area contributed by atoms with E-state index in [4.69, 9.17) is 9.15 Å². The molecular weight excluding hydrogens is 354 g/mol. The molecular formula is C23H21NO2S. The molecule has 1 atom stereocenters. The Hall–Kier alpha value is -2.56. The maximum Gasteiger partial charge on any atom is 0.119 e. The fourth-order valence-electron chi connectivity index (χ4n) is 3.91. The summed E-state index contributed by atoms with van der Waals surface area (Å²) in [5.74, 6) is 0.906. The Bertz CT molecular complexity index is 1060. The molecule has 0 fully saturated rings. The van der Waals surface area contributed by atoms with Crippen molar-refractivity contribution in [3.05, 3.63) is 77.6 Å². The van der Waals surface area contributed by atoms with Crippen LogP contribution in [-0.4, -0.2) is 13.2 Å². The molecule has 4 aromatic rings. The fourth-order valence-corrected chi connectivity index (χ4v) is 4.81. The number of benzene rings is 2. The second-order valence-corrected chi connectivity index (χ2v) is 7.83. The zero-order valence-corrected chi connectivity index (χ0v) is 15.8. The van der Waals surface area contributed by atoms with Crippen molar-refractivity contribution in [2.24, 2.45) is 0 Å². The minimum absolute atomic E-state index is 0.455. The normalized spacial score (nSPS) is 15.9. The van der Waals surface area contributed by atoms with Gasteiger partial charge < -0.3 is 14.5 Å². The molecule has 0 bridgehead atoms. The summed E-state index contributed by atoms with van der Waals surface area (Å²) in [7, 11) is 0.